The highest BCUT2D eigenvalue weighted by molar-refractivity contribution is 5.95. The lowest BCUT2D eigenvalue weighted by Crippen LogP contribution is -2.08. The van der Waals surface area contributed by atoms with Gasteiger partial charge in [0.15, 0.2) is 0 Å². The zero-order valence-electron chi connectivity index (χ0n) is 9.95. The monoisotopic (exact) mass is 289 g/mol. The summed E-state index contributed by atoms with van der Waals surface area (Å²) in [5.41, 5.74) is -2.31. The predicted molar refractivity (Wildman–Crippen MR) is 58.6 cm³/mol. The van der Waals surface area contributed by atoms with E-state index in [1.807, 2.05) is 0 Å². The lowest BCUT2D eigenvalue weighted by atomic mass is 10.0. The van der Waals surface area contributed by atoms with Crippen molar-refractivity contribution in [3.05, 3.63) is 40.9 Å². The highest BCUT2D eigenvalue weighted by atomic mass is 19.4. The summed E-state index contributed by atoms with van der Waals surface area (Å²) < 4.78 is 55.7. The van der Waals surface area contributed by atoms with Gasteiger partial charge in [0.2, 0.25) is 0 Å². The molecular weight excluding hydrogens is 282 g/mol. The minimum Gasteiger partial charge on any atom is -0.477 e. The van der Waals surface area contributed by atoms with Crippen molar-refractivity contribution in [1.82, 2.24) is 5.16 Å². The number of rotatable bonds is 2. The van der Waals surface area contributed by atoms with E-state index in [1.54, 1.807) is 0 Å². The SMILES string of the molecule is Cc1onc(-c2ccc(F)c(C(F)(F)F)c2)c1C(=O)O. The molecule has 1 N–H and O–H groups in total. The average molecular weight is 289 g/mol. The molecule has 0 saturated carbocycles. The molecule has 1 aromatic heterocycles. The Morgan fingerprint density at radius 1 is 1.35 bits per heavy atom. The summed E-state index contributed by atoms with van der Waals surface area (Å²) in [7, 11) is 0. The quantitative estimate of drug-likeness (QED) is 0.859. The van der Waals surface area contributed by atoms with E-state index in [0.717, 1.165) is 6.07 Å². The van der Waals surface area contributed by atoms with E-state index in [4.69, 9.17) is 5.11 Å². The van der Waals surface area contributed by atoms with E-state index in [1.165, 1.54) is 6.92 Å². The molecule has 0 unspecified atom stereocenters. The fraction of sp³-hybridized carbons (Fsp3) is 0.167. The number of carboxylic acid groups (broad SMARTS) is 1. The number of benzene rings is 1. The lowest BCUT2D eigenvalue weighted by Gasteiger charge is -2.09. The number of carboxylic acids is 1. The highest BCUT2D eigenvalue weighted by Crippen LogP contribution is 2.35. The maximum Gasteiger partial charge on any atom is 0.419 e. The first kappa shape index (κ1) is 14.0. The molecule has 0 aliphatic rings. The Balaban J connectivity index is 2.63. The van der Waals surface area contributed by atoms with Gasteiger partial charge >= 0.3 is 12.1 Å². The topological polar surface area (TPSA) is 63.3 Å². The Kier molecular flexibility index (Phi) is 3.24. The van der Waals surface area contributed by atoms with E-state index < -0.39 is 23.5 Å². The maximum absolute atomic E-state index is 13.2. The molecule has 0 bridgehead atoms. The van der Waals surface area contributed by atoms with Crippen molar-refractivity contribution < 1.29 is 32.0 Å². The molecule has 2 aromatic rings. The van der Waals surface area contributed by atoms with Gasteiger partial charge in [-0.1, -0.05) is 5.16 Å². The number of nitrogens with zero attached hydrogens (tertiary/aromatic N) is 1. The summed E-state index contributed by atoms with van der Waals surface area (Å²) in [5.74, 6) is -2.89. The van der Waals surface area contributed by atoms with Gasteiger partial charge in [0, 0.05) is 5.56 Å². The maximum atomic E-state index is 13.2. The van der Waals surface area contributed by atoms with Crippen molar-refractivity contribution in [3.8, 4) is 11.3 Å². The van der Waals surface area contributed by atoms with Crippen LogP contribution in [0.1, 0.15) is 21.7 Å². The number of carbonyl (C=O) groups is 1. The van der Waals surface area contributed by atoms with Crippen LogP contribution in [0.2, 0.25) is 0 Å². The molecule has 2 rings (SSSR count). The Morgan fingerprint density at radius 2 is 2.00 bits per heavy atom. The van der Waals surface area contributed by atoms with Gasteiger partial charge in [0.25, 0.3) is 0 Å². The number of hydrogen-bond donors (Lipinski definition) is 1. The second-order valence-electron chi connectivity index (χ2n) is 3.96. The Morgan fingerprint density at radius 3 is 2.55 bits per heavy atom. The van der Waals surface area contributed by atoms with Crippen LogP contribution in [0.25, 0.3) is 11.3 Å². The average Bonchev–Trinajstić information content (AvgIpc) is 2.70. The van der Waals surface area contributed by atoms with Crippen molar-refractivity contribution >= 4 is 5.97 Å². The summed E-state index contributed by atoms with van der Waals surface area (Å²) >= 11 is 0. The molecule has 0 spiro atoms. The third kappa shape index (κ3) is 2.36. The molecular formula is C12H7F4NO3. The third-order valence-electron chi connectivity index (χ3n) is 2.62. The van der Waals surface area contributed by atoms with Gasteiger partial charge in [-0.25, -0.2) is 9.18 Å². The molecule has 0 aliphatic heterocycles. The first-order valence-corrected chi connectivity index (χ1v) is 5.28. The summed E-state index contributed by atoms with van der Waals surface area (Å²) in [5, 5.41) is 12.4. The van der Waals surface area contributed by atoms with Crippen molar-refractivity contribution in [2.75, 3.05) is 0 Å². The van der Waals surface area contributed by atoms with Crippen LogP contribution in [0.4, 0.5) is 17.6 Å². The van der Waals surface area contributed by atoms with E-state index in [2.05, 4.69) is 9.68 Å². The van der Waals surface area contributed by atoms with Gasteiger partial charge < -0.3 is 9.63 Å². The summed E-state index contributed by atoms with van der Waals surface area (Å²) in [6.45, 7) is 1.31. The molecule has 0 radical (unpaired) electrons. The van der Waals surface area contributed by atoms with Gasteiger partial charge in [-0.05, 0) is 25.1 Å². The second kappa shape index (κ2) is 4.62. The van der Waals surface area contributed by atoms with Crippen molar-refractivity contribution in [1.29, 1.82) is 0 Å². The van der Waals surface area contributed by atoms with Crippen LogP contribution in [0.15, 0.2) is 22.7 Å². The first-order chi connectivity index (χ1) is 9.21. The molecule has 0 amide bonds. The normalized spacial score (nSPS) is 11.7. The molecule has 8 heteroatoms. The van der Waals surface area contributed by atoms with Gasteiger partial charge in [-0.15, -0.1) is 0 Å². The van der Waals surface area contributed by atoms with Crippen LogP contribution >= 0.6 is 0 Å². The van der Waals surface area contributed by atoms with E-state index >= 15 is 0 Å². The second-order valence-corrected chi connectivity index (χ2v) is 3.96. The predicted octanol–water partition coefficient (Wildman–Crippen LogP) is 3.51. The number of aromatic carboxylic acids is 1. The fourth-order valence-electron chi connectivity index (χ4n) is 1.71. The number of alkyl halides is 3. The molecule has 1 heterocycles. The fourth-order valence-corrected chi connectivity index (χ4v) is 1.71. The summed E-state index contributed by atoms with van der Waals surface area (Å²) in [6.07, 6.45) is -4.89. The van der Waals surface area contributed by atoms with E-state index in [0.29, 0.717) is 12.1 Å². The molecule has 0 saturated heterocycles. The van der Waals surface area contributed by atoms with Gasteiger partial charge in [-0.3, -0.25) is 0 Å². The minimum absolute atomic E-state index is 0.0506. The van der Waals surface area contributed by atoms with Crippen LogP contribution in [-0.2, 0) is 6.18 Å². The minimum atomic E-state index is -4.89. The van der Waals surface area contributed by atoms with Crippen LogP contribution in [0.3, 0.4) is 0 Å². The largest absolute Gasteiger partial charge is 0.477 e. The number of aromatic nitrogens is 1. The molecule has 0 atom stereocenters. The third-order valence-corrected chi connectivity index (χ3v) is 2.62. The molecule has 1 aromatic carbocycles. The van der Waals surface area contributed by atoms with Crippen LogP contribution in [0, 0.1) is 12.7 Å². The number of halogens is 4. The van der Waals surface area contributed by atoms with Crippen molar-refractivity contribution in [3.63, 3.8) is 0 Å². The van der Waals surface area contributed by atoms with E-state index in [9.17, 15) is 22.4 Å². The van der Waals surface area contributed by atoms with Crippen molar-refractivity contribution in [2.24, 2.45) is 0 Å². The van der Waals surface area contributed by atoms with Gasteiger partial charge in [0.1, 0.15) is 22.8 Å². The summed E-state index contributed by atoms with van der Waals surface area (Å²) in [4.78, 5) is 11.0. The van der Waals surface area contributed by atoms with Gasteiger partial charge in [-0.2, -0.15) is 13.2 Å². The van der Waals surface area contributed by atoms with Crippen LogP contribution in [-0.4, -0.2) is 16.2 Å². The molecule has 4 nitrogen and oxygen atoms in total. The van der Waals surface area contributed by atoms with Gasteiger partial charge in [0.05, 0.1) is 5.56 Å². The lowest BCUT2D eigenvalue weighted by molar-refractivity contribution is -0.139. The Labute approximate surface area is 109 Å². The number of aryl methyl sites for hydroxylation is 1. The Hall–Kier alpha value is -2.38. The summed E-state index contributed by atoms with van der Waals surface area (Å²) in [6, 6.07) is 2.11. The first-order valence-electron chi connectivity index (χ1n) is 5.28. The smallest absolute Gasteiger partial charge is 0.419 e. The zero-order valence-corrected chi connectivity index (χ0v) is 9.95. The molecule has 0 aliphatic carbocycles. The molecule has 106 valence electrons. The Bertz CT molecular complexity index is 676. The number of hydrogen-bond acceptors (Lipinski definition) is 3. The van der Waals surface area contributed by atoms with Crippen LogP contribution in [0.5, 0.6) is 0 Å². The highest BCUT2D eigenvalue weighted by Gasteiger charge is 2.35. The van der Waals surface area contributed by atoms with Crippen LogP contribution < -0.4 is 0 Å². The van der Waals surface area contributed by atoms with Crippen molar-refractivity contribution in [2.45, 2.75) is 13.1 Å². The molecule has 20 heavy (non-hydrogen) atoms. The standard InChI is InChI=1S/C12H7F4NO3/c1-5-9(11(18)19)10(17-20-5)6-2-3-8(13)7(4-6)12(14,15)16/h2-4H,1H3,(H,18,19). The molecule has 0 fully saturated rings. The zero-order chi connectivity index (χ0) is 15.1. The van der Waals surface area contributed by atoms with E-state index in [-0.39, 0.29) is 22.6 Å².